The predicted octanol–water partition coefficient (Wildman–Crippen LogP) is 0.0270. The van der Waals surface area contributed by atoms with Gasteiger partial charge in [0.25, 0.3) is 0 Å². The van der Waals surface area contributed by atoms with Crippen LogP contribution in [0.5, 0.6) is 5.75 Å². The van der Waals surface area contributed by atoms with Crippen LogP contribution in [-0.4, -0.2) is 59.1 Å². The summed E-state index contributed by atoms with van der Waals surface area (Å²) in [5, 5.41) is 13.9. The predicted molar refractivity (Wildman–Crippen MR) is 146 cm³/mol. The summed E-state index contributed by atoms with van der Waals surface area (Å²) in [6.07, 6.45) is 2.94. The van der Waals surface area contributed by atoms with E-state index in [1.165, 1.54) is 12.6 Å². The topological polar surface area (TPSA) is 115 Å². The summed E-state index contributed by atoms with van der Waals surface area (Å²) in [4.78, 5) is 16.2. The number of carboxylic acids is 1. The Bertz CT molecular complexity index is 1480. The van der Waals surface area contributed by atoms with Gasteiger partial charge in [-0.2, -0.15) is 0 Å². The summed E-state index contributed by atoms with van der Waals surface area (Å²) in [5.74, 6) is -0.852. The molecule has 198 valence electrons. The van der Waals surface area contributed by atoms with Crippen molar-refractivity contribution < 1.29 is 52.6 Å². The number of sulfonamides is 1. The molecule has 0 unspecified atom stereocenters. The van der Waals surface area contributed by atoms with Gasteiger partial charge in [-0.1, -0.05) is 37.3 Å². The number of aromatic amines is 1. The van der Waals surface area contributed by atoms with Crippen molar-refractivity contribution in [3.63, 3.8) is 0 Å². The Morgan fingerprint density at radius 3 is 2.39 bits per heavy atom. The number of nitrogens with zero attached hydrogens (tertiary/aromatic N) is 1. The van der Waals surface area contributed by atoms with Gasteiger partial charge in [0, 0.05) is 35.5 Å². The van der Waals surface area contributed by atoms with E-state index in [1.807, 2.05) is 74.9 Å². The number of methoxy groups -OCH3 is 1. The maximum atomic E-state index is 11.6. The number of aliphatic carboxylic acids is 1. The smallest absolute Gasteiger partial charge is 0.550 e. The number of carbonyl (C=O) groups is 1. The van der Waals surface area contributed by atoms with Crippen LogP contribution in [0.2, 0.25) is 0 Å². The van der Waals surface area contributed by atoms with E-state index in [1.54, 1.807) is 14.0 Å². The van der Waals surface area contributed by atoms with Crippen LogP contribution < -0.4 is 44.1 Å². The van der Waals surface area contributed by atoms with Crippen LogP contribution in [0.1, 0.15) is 29.5 Å². The standard InChI is InChI=1S/C14H21N3O2S.C14H14O3.Na/c1-15-20(18,19)10-11-4-5-14-13(8-11)12(9-16-14)6-7-17(2)3;1-9(14(15)16)10-3-4-12-8-13(17-2)6-5-11(12)7-10;/h4-5,8-9,15-16H,6-7,10H2,1-3H3;3-9H,1-2H3,(H,15,16);/q;;+1/p-1/t;9-;/m.0./s1. The van der Waals surface area contributed by atoms with Gasteiger partial charge < -0.3 is 24.5 Å². The van der Waals surface area contributed by atoms with Gasteiger partial charge in [0.2, 0.25) is 10.0 Å². The molecular weight excluding hydrogens is 513 g/mol. The average Bonchev–Trinajstić information content (AvgIpc) is 3.28. The summed E-state index contributed by atoms with van der Waals surface area (Å²) in [6.45, 7) is 2.59. The molecule has 1 aromatic heterocycles. The molecule has 0 aliphatic rings. The number of aromatic nitrogens is 1. The number of likely N-dealkylation sites (N-methyl/N-ethyl adjacent to an activating group) is 1. The van der Waals surface area contributed by atoms with Crippen molar-refractivity contribution in [2.75, 3.05) is 34.8 Å². The molecule has 0 bridgehead atoms. The molecule has 10 heteroatoms. The van der Waals surface area contributed by atoms with Gasteiger partial charge in [-0.25, -0.2) is 13.1 Å². The molecule has 4 aromatic rings. The molecule has 3 aromatic carbocycles. The third-order valence-electron chi connectivity index (χ3n) is 6.25. The molecule has 0 fully saturated rings. The average molecular weight is 548 g/mol. The third kappa shape index (κ3) is 8.56. The quantitative estimate of drug-likeness (QED) is 0.286. The SMILES string of the molecule is CNS(=O)(=O)Cc1ccc2[nH]cc(CCN(C)C)c2c1.COc1ccc2cc([C@H](C)C(=O)[O-])ccc2c1.[Na+]. The first kappa shape index (κ1) is 31.8. The van der Waals surface area contributed by atoms with E-state index in [4.69, 9.17) is 4.74 Å². The molecule has 2 N–H and O–H groups in total. The molecule has 0 saturated carbocycles. The number of benzene rings is 3. The molecule has 0 saturated heterocycles. The van der Waals surface area contributed by atoms with Crippen molar-refractivity contribution >= 4 is 37.7 Å². The Labute approximate surface area is 246 Å². The molecule has 0 amide bonds. The zero-order valence-electron chi connectivity index (χ0n) is 22.9. The summed E-state index contributed by atoms with van der Waals surface area (Å²) in [6, 6.07) is 17.0. The first-order valence-electron chi connectivity index (χ1n) is 12.0. The number of hydrogen-bond acceptors (Lipinski definition) is 6. The van der Waals surface area contributed by atoms with Crippen LogP contribution in [0, 0.1) is 0 Å². The first-order valence-corrected chi connectivity index (χ1v) is 13.6. The second-order valence-electron chi connectivity index (χ2n) is 9.22. The Morgan fingerprint density at radius 1 is 1.08 bits per heavy atom. The monoisotopic (exact) mass is 547 g/mol. The van der Waals surface area contributed by atoms with Crippen molar-refractivity contribution in [3.8, 4) is 5.75 Å². The van der Waals surface area contributed by atoms with Gasteiger partial charge in [0.15, 0.2) is 0 Å². The minimum Gasteiger partial charge on any atom is -0.550 e. The van der Waals surface area contributed by atoms with Gasteiger partial charge in [-0.05, 0) is 79.3 Å². The molecule has 0 spiro atoms. The Kier molecular flexibility index (Phi) is 11.8. The Balaban J connectivity index is 0.000000263. The van der Waals surface area contributed by atoms with Gasteiger partial charge >= 0.3 is 29.6 Å². The summed E-state index contributed by atoms with van der Waals surface area (Å²) in [7, 11) is 3.91. The molecule has 0 radical (unpaired) electrons. The van der Waals surface area contributed by atoms with E-state index in [9.17, 15) is 18.3 Å². The number of rotatable bonds is 9. The van der Waals surface area contributed by atoms with Crippen molar-refractivity contribution in [1.29, 1.82) is 0 Å². The van der Waals surface area contributed by atoms with Crippen molar-refractivity contribution in [3.05, 3.63) is 77.5 Å². The molecular formula is C28H34N3NaO5S. The number of carbonyl (C=O) groups excluding carboxylic acids is 1. The molecule has 0 aliphatic heterocycles. The molecule has 38 heavy (non-hydrogen) atoms. The van der Waals surface area contributed by atoms with E-state index < -0.39 is 21.9 Å². The van der Waals surface area contributed by atoms with E-state index >= 15 is 0 Å². The van der Waals surface area contributed by atoms with E-state index in [0.29, 0.717) is 0 Å². The normalized spacial score (nSPS) is 12.1. The summed E-state index contributed by atoms with van der Waals surface area (Å²) >= 11 is 0. The molecule has 0 aliphatic carbocycles. The Morgan fingerprint density at radius 2 is 1.76 bits per heavy atom. The number of carboxylic acid groups (broad SMARTS) is 1. The second kappa shape index (κ2) is 14.1. The fourth-order valence-electron chi connectivity index (χ4n) is 3.93. The van der Waals surface area contributed by atoms with Crippen molar-refractivity contribution in [1.82, 2.24) is 14.6 Å². The number of hydrogen-bond donors (Lipinski definition) is 2. The minimum absolute atomic E-state index is 0. The Hall–Kier alpha value is -2.40. The van der Waals surface area contributed by atoms with Gasteiger partial charge in [0.05, 0.1) is 12.9 Å². The summed E-state index contributed by atoms with van der Waals surface area (Å²) < 4.78 is 30.7. The fourth-order valence-corrected chi connectivity index (χ4v) is 4.70. The number of nitrogens with one attached hydrogen (secondary N) is 2. The first-order chi connectivity index (χ1) is 17.5. The zero-order chi connectivity index (χ0) is 27.2. The second-order valence-corrected chi connectivity index (χ2v) is 11.1. The minimum atomic E-state index is -3.23. The van der Waals surface area contributed by atoms with E-state index in [2.05, 4.69) is 14.6 Å². The van der Waals surface area contributed by atoms with Crippen LogP contribution in [0.4, 0.5) is 0 Å². The van der Waals surface area contributed by atoms with Crippen LogP contribution in [0.3, 0.4) is 0 Å². The van der Waals surface area contributed by atoms with E-state index in [0.717, 1.165) is 51.5 Å². The molecule has 4 rings (SSSR count). The van der Waals surface area contributed by atoms with Gasteiger partial charge in [-0.3, -0.25) is 0 Å². The number of fused-ring (bicyclic) bond motifs is 2. The van der Waals surface area contributed by atoms with E-state index in [-0.39, 0.29) is 35.3 Å². The number of H-pyrrole nitrogens is 1. The van der Waals surface area contributed by atoms with Crippen LogP contribution in [0.15, 0.2) is 60.8 Å². The maximum absolute atomic E-state index is 11.6. The van der Waals surface area contributed by atoms with Gasteiger partial charge in [-0.15, -0.1) is 0 Å². The zero-order valence-corrected chi connectivity index (χ0v) is 25.7. The number of ether oxygens (including phenoxy) is 1. The fraction of sp³-hybridized carbons (Fsp3) is 0.321. The summed E-state index contributed by atoms with van der Waals surface area (Å²) in [5.41, 5.74) is 3.82. The largest absolute Gasteiger partial charge is 1.00 e. The third-order valence-corrected chi connectivity index (χ3v) is 7.59. The molecule has 1 heterocycles. The maximum Gasteiger partial charge on any atom is 1.00 e. The van der Waals surface area contributed by atoms with Crippen LogP contribution in [0.25, 0.3) is 21.7 Å². The van der Waals surface area contributed by atoms with Crippen LogP contribution >= 0.6 is 0 Å². The van der Waals surface area contributed by atoms with Crippen LogP contribution in [-0.2, 0) is 27.0 Å². The molecule has 8 nitrogen and oxygen atoms in total. The van der Waals surface area contributed by atoms with Crippen molar-refractivity contribution in [2.45, 2.75) is 25.0 Å². The van der Waals surface area contributed by atoms with Crippen molar-refractivity contribution in [2.24, 2.45) is 0 Å². The van der Waals surface area contributed by atoms with Gasteiger partial charge in [0.1, 0.15) is 5.75 Å². The molecule has 1 atom stereocenters.